The van der Waals surface area contributed by atoms with Crippen molar-refractivity contribution in [3.05, 3.63) is 109 Å². The van der Waals surface area contributed by atoms with Crippen LogP contribution in [0, 0.1) is 0 Å². The predicted octanol–water partition coefficient (Wildman–Crippen LogP) is 22.2. The molecule has 440 valence electrons. The third-order valence-electron chi connectivity index (χ3n) is 13.8. The Balaban J connectivity index is 4.21. The molecular formula is C71H120O6. The minimum Gasteiger partial charge on any atom is -0.462 e. The molecule has 77 heavy (non-hydrogen) atoms. The molecule has 0 N–H and O–H groups in total. The smallest absolute Gasteiger partial charge is 0.306 e. The van der Waals surface area contributed by atoms with E-state index in [-0.39, 0.29) is 31.6 Å². The van der Waals surface area contributed by atoms with Gasteiger partial charge >= 0.3 is 17.9 Å². The quantitative estimate of drug-likeness (QED) is 0.0261. The summed E-state index contributed by atoms with van der Waals surface area (Å²) in [6.45, 7) is 6.45. The fourth-order valence-electron chi connectivity index (χ4n) is 8.95. The zero-order chi connectivity index (χ0) is 55.7. The van der Waals surface area contributed by atoms with Crippen LogP contribution >= 0.6 is 0 Å². The van der Waals surface area contributed by atoms with Gasteiger partial charge in [-0.25, -0.2) is 0 Å². The molecule has 0 heterocycles. The molecule has 6 heteroatoms. The molecule has 0 aliphatic rings. The van der Waals surface area contributed by atoms with Crippen molar-refractivity contribution in [3.8, 4) is 0 Å². The van der Waals surface area contributed by atoms with Gasteiger partial charge in [0.15, 0.2) is 6.10 Å². The summed E-state index contributed by atoms with van der Waals surface area (Å²) in [6, 6.07) is 0. The molecule has 0 saturated carbocycles. The van der Waals surface area contributed by atoms with Crippen molar-refractivity contribution in [2.75, 3.05) is 13.2 Å². The van der Waals surface area contributed by atoms with E-state index in [0.717, 1.165) is 89.9 Å². The number of allylic oxidation sites excluding steroid dienone is 18. The summed E-state index contributed by atoms with van der Waals surface area (Å²) in [5.74, 6) is -0.988. The van der Waals surface area contributed by atoms with E-state index in [1.807, 2.05) is 6.08 Å². The molecule has 0 aromatic heterocycles. The largest absolute Gasteiger partial charge is 0.462 e. The highest BCUT2D eigenvalue weighted by Crippen LogP contribution is 2.16. The second-order valence-electron chi connectivity index (χ2n) is 21.3. The molecule has 0 saturated heterocycles. The first-order valence-corrected chi connectivity index (χ1v) is 32.4. The third kappa shape index (κ3) is 62.8. The zero-order valence-electron chi connectivity index (χ0n) is 50.4. The van der Waals surface area contributed by atoms with Crippen LogP contribution in [-0.4, -0.2) is 37.2 Å². The SMILES string of the molecule is CC/C=C\C/C=C\C/C=C\C/C=C\C/C=C\C/C=C\CCC(=O)OC(COC(=O)CCCCCCCCCCC)COC(=O)CCCCCCCCCCCCCCCCCC/C=C\C/C=C\C/C=C\CCCCCCC. The molecule has 6 nitrogen and oxygen atoms in total. The lowest BCUT2D eigenvalue weighted by atomic mass is 10.0. The van der Waals surface area contributed by atoms with Crippen LogP contribution in [0.1, 0.15) is 303 Å². The maximum Gasteiger partial charge on any atom is 0.306 e. The van der Waals surface area contributed by atoms with Crippen LogP contribution in [0.2, 0.25) is 0 Å². The van der Waals surface area contributed by atoms with Crippen LogP contribution in [-0.2, 0) is 28.6 Å². The number of hydrogen-bond acceptors (Lipinski definition) is 6. The fraction of sp³-hybridized carbons (Fsp3) is 0.704. The van der Waals surface area contributed by atoms with Gasteiger partial charge in [-0.05, 0) is 96.3 Å². The Morgan fingerprint density at radius 1 is 0.273 bits per heavy atom. The van der Waals surface area contributed by atoms with Crippen molar-refractivity contribution in [1.29, 1.82) is 0 Å². The number of carbonyl (C=O) groups excluding carboxylic acids is 3. The van der Waals surface area contributed by atoms with Crippen LogP contribution in [0.15, 0.2) is 109 Å². The molecule has 0 radical (unpaired) electrons. The van der Waals surface area contributed by atoms with Gasteiger partial charge in [-0.3, -0.25) is 14.4 Å². The number of rotatable bonds is 58. The van der Waals surface area contributed by atoms with Gasteiger partial charge in [-0.2, -0.15) is 0 Å². The number of carbonyl (C=O) groups is 3. The van der Waals surface area contributed by atoms with Crippen LogP contribution in [0.4, 0.5) is 0 Å². The lowest BCUT2D eigenvalue weighted by molar-refractivity contribution is -0.166. The van der Waals surface area contributed by atoms with E-state index in [2.05, 4.69) is 124 Å². The normalized spacial score (nSPS) is 12.8. The average Bonchev–Trinajstić information content (AvgIpc) is 3.43. The van der Waals surface area contributed by atoms with E-state index in [9.17, 15) is 14.4 Å². The first kappa shape index (κ1) is 73.1. The minimum atomic E-state index is -0.817. The van der Waals surface area contributed by atoms with Crippen molar-refractivity contribution in [2.24, 2.45) is 0 Å². The highest BCUT2D eigenvalue weighted by molar-refractivity contribution is 5.71. The topological polar surface area (TPSA) is 78.9 Å². The maximum atomic E-state index is 12.8. The van der Waals surface area contributed by atoms with Gasteiger partial charge in [0.25, 0.3) is 0 Å². The molecule has 1 unspecified atom stereocenters. The average molecular weight is 1070 g/mol. The number of unbranched alkanes of at least 4 members (excludes halogenated alkanes) is 29. The standard InChI is InChI=1S/C71H120O6/c1-4-7-10-13-16-19-21-23-25-27-29-30-31-32-33-34-35-36-37-38-39-40-42-43-45-47-49-52-55-58-61-64-70(73)76-67-68(66-75-69(72)63-60-57-54-51-18-15-12-9-6-3)77-71(74)65-62-59-56-53-50-48-46-44-41-28-26-24-22-20-17-14-11-8-5-2/h8,11,17,20-21,23-24,26-27,29,31-32,41,44,48,50,56,59,68H,4-7,9-10,12-16,18-19,22,25,28,30,33-40,42-43,45-47,49,51-55,57-58,60-67H2,1-3H3/b11-8-,20-17-,23-21-,26-24-,29-27-,32-31-,44-41-,50-48-,59-56-. The van der Waals surface area contributed by atoms with E-state index in [1.54, 1.807) is 0 Å². The Morgan fingerprint density at radius 2 is 0.532 bits per heavy atom. The van der Waals surface area contributed by atoms with Crippen LogP contribution in [0.3, 0.4) is 0 Å². The molecule has 0 fully saturated rings. The Hall–Kier alpha value is -3.93. The lowest BCUT2D eigenvalue weighted by Gasteiger charge is -2.18. The van der Waals surface area contributed by atoms with E-state index < -0.39 is 12.1 Å². The molecule has 1 atom stereocenters. The summed E-state index contributed by atoms with van der Waals surface area (Å²) >= 11 is 0. The molecule has 0 aliphatic carbocycles. The van der Waals surface area contributed by atoms with Crippen molar-refractivity contribution in [1.82, 2.24) is 0 Å². The maximum absolute atomic E-state index is 12.8. The summed E-state index contributed by atoms with van der Waals surface area (Å²) < 4.78 is 16.8. The number of hydrogen-bond donors (Lipinski definition) is 0. The van der Waals surface area contributed by atoms with Gasteiger partial charge in [0.1, 0.15) is 13.2 Å². The van der Waals surface area contributed by atoms with Gasteiger partial charge in [0, 0.05) is 19.3 Å². The zero-order valence-corrected chi connectivity index (χ0v) is 50.4. The van der Waals surface area contributed by atoms with E-state index in [1.165, 1.54) is 167 Å². The van der Waals surface area contributed by atoms with Gasteiger partial charge in [0.05, 0.1) is 0 Å². The molecular weight excluding hydrogens is 949 g/mol. The Bertz CT molecular complexity index is 1560. The van der Waals surface area contributed by atoms with E-state index in [0.29, 0.717) is 19.3 Å². The van der Waals surface area contributed by atoms with Crippen molar-refractivity contribution < 1.29 is 28.6 Å². The van der Waals surface area contributed by atoms with E-state index >= 15 is 0 Å². The fourth-order valence-corrected chi connectivity index (χ4v) is 8.95. The lowest BCUT2D eigenvalue weighted by Crippen LogP contribution is -2.30. The first-order valence-electron chi connectivity index (χ1n) is 32.4. The summed E-state index contributed by atoms with van der Waals surface area (Å²) in [4.78, 5) is 38.1. The summed E-state index contributed by atoms with van der Waals surface area (Å²) in [6.07, 6.45) is 88.5. The minimum absolute atomic E-state index is 0.106. The van der Waals surface area contributed by atoms with Gasteiger partial charge in [-0.1, -0.05) is 297 Å². The molecule has 0 aliphatic heterocycles. The van der Waals surface area contributed by atoms with Crippen LogP contribution < -0.4 is 0 Å². The predicted molar refractivity (Wildman–Crippen MR) is 334 cm³/mol. The van der Waals surface area contributed by atoms with Gasteiger partial charge in [0.2, 0.25) is 0 Å². The van der Waals surface area contributed by atoms with Gasteiger partial charge in [-0.15, -0.1) is 0 Å². The summed E-state index contributed by atoms with van der Waals surface area (Å²) in [7, 11) is 0. The molecule has 0 spiro atoms. The van der Waals surface area contributed by atoms with E-state index in [4.69, 9.17) is 14.2 Å². The molecule has 0 aromatic carbocycles. The van der Waals surface area contributed by atoms with Crippen molar-refractivity contribution in [3.63, 3.8) is 0 Å². The second-order valence-corrected chi connectivity index (χ2v) is 21.3. The number of esters is 3. The third-order valence-corrected chi connectivity index (χ3v) is 13.8. The van der Waals surface area contributed by atoms with Gasteiger partial charge < -0.3 is 14.2 Å². The molecule has 0 rings (SSSR count). The Labute approximate surface area is 476 Å². The first-order chi connectivity index (χ1) is 38.0. The van der Waals surface area contributed by atoms with Crippen molar-refractivity contribution in [2.45, 2.75) is 309 Å². The second kappa shape index (κ2) is 64.6. The van der Waals surface area contributed by atoms with Crippen LogP contribution in [0.25, 0.3) is 0 Å². The number of ether oxygens (including phenoxy) is 3. The molecule has 0 aromatic rings. The summed E-state index contributed by atoms with van der Waals surface area (Å²) in [5, 5.41) is 0. The monoisotopic (exact) mass is 1070 g/mol. The summed E-state index contributed by atoms with van der Waals surface area (Å²) in [5.41, 5.74) is 0. The van der Waals surface area contributed by atoms with Crippen LogP contribution in [0.5, 0.6) is 0 Å². The molecule has 0 amide bonds. The highest BCUT2D eigenvalue weighted by Gasteiger charge is 2.19. The Kier molecular flexibility index (Phi) is 61.3. The van der Waals surface area contributed by atoms with Crippen molar-refractivity contribution >= 4 is 17.9 Å². The highest BCUT2D eigenvalue weighted by atomic mass is 16.6. The molecule has 0 bridgehead atoms. The Morgan fingerprint density at radius 3 is 0.844 bits per heavy atom.